The first-order valence-electron chi connectivity index (χ1n) is 6.57. The maximum absolute atomic E-state index is 13.6. The highest BCUT2D eigenvalue weighted by atomic mass is 19.1. The lowest BCUT2D eigenvalue weighted by Gasteiger charge is -2.12. The van der Waals surface area contributed by atoms with E-state index in [-0.39, 0.29) is 24.1 Å². The van der Waals surface area contributed by atoms with Gasteiger partial charge >= 0.3 is 0 Å². The largest absolute Gasteiger partial charge is 0.436 e. The second kappa shape index (κ2) is 6.95. The van der Waals surface area contributed by atoms with E-state index in [2.05, 4.69) is 10.3 Å². The zero-order valence-corrected chi connectivity index (χ0v) is 11.8. The monoisotopic (exact) mass is 307 g/mol. The fraction of sp³-hybridized carbons (Fsp3) is 0.200. The minimum Gasteiger partial charge on any atom is -0.436 e. The second-order valence-electron chi connectivity index (χ2n) is 4.65. The Bertz CT molecular complexity index is 678. The molecule has 0 fully saturated rings. The molecule has 0 spiro atoms. The number of nitrogens with two attached hydrogens (primary N) is 1. The smallest absolute Gasteiger partial charge is 0.236 e. The van der Waals surface area contributed by atoms with Crippen molar-refractivity contribution in [3.63, 3.8) is 0 Å². The lowest BCUT2D eigenvalue weighted by molar-refractivity contribution is -0.122. The van der Waals surface area contributed by atoms with E-state index in [9.17, 15) is 13.6 Å². The van der Waals surface area contributed by atoms with Crippen LogP contribution in [0.4, 0.5) is 8.78 Å². The summed E-state index contributed by atoms with van der Waals surface area (Å²) < 4.78 is 31.8. The number of nitrogens with zero attached hydrogens (tertiary/aromatic N) is 1. The Morgan fingerprint density at radius 2 is 2.18 bits per heavy atom. The summed E-state index contributed by atoms with van der Waals surface area (Å²) in [6.07, 6.45) is 1.47. The van der Waals surface area contributed by atoms with Crippen LogP contribution in [-0.2, 0) is 11.3 Å². The molecule has 1 amide bonds. The minimum atomic E-state index is -0.837. The number of hydrogen-bond donors (Lipinski definition) is 2. The average Bonchev–Trinajstić information content (AvgIpc) is 2.48. The van der Waals surface area contributed by atoms with Crippen LogP contribution in [0.1, 0.15) is 12.5 Å². The Hall–Kier alpha value is -2.54. The summed E-state index contributed by atoms with van der Waals surface area (Å²) in [6.45, 7) is 1.69. The predicted octanol–water partition coefficient (Wildman–Crippen LogP) is 2.12. The highest BCUT2D eigenvalue weighted by Gasteiger charge is 2.12. The Labute approximate surface area is 126 Å². The normalized spacial score (nSPS) is 11.8. The van der Waals surface area contributed by atoms with Crippen molar-refractivity contribution in [2.45, 2.75) is 19.5 Å². The van der Waals surface area contributed by atoms with E-state index in [1.807, 2.05) is 0 Å². The second-order valence-corrected chi connectivity index (χ2v) is 4.65. The molecule has 2 aromatic rings. The predicted molar refractivity (Wildman–Crippen MR) is 76.2 cm³/mol. The summed E-state index contributed by atoms with van der Waals surface area (Å²) in [5.41, 5.74) is 5.99. The van der Waals surface area contributed by atoms with Crippen molar-refractivity contribution < 1.29 is 18.3 Å². The summed E-state index contributed by atoms with van der Waals surface area (Å²) in [5.74, 6) is -1.90. The van der Waals surface area contributed by atoms with E-state index in [1.165, 1.54) is 12.3 Å². The van der Waals surface area contributed by atoms with Crippen molar-refractivity contribution in [1.82, 2.24) is 10.3 Å². The molecule has 0 aliphatic carbocycles. The van der Waals surface area contributed by atoms with Gasteiger partial charge < -0.3 is 15.8 Å². The van der Waals surface area contributed by atoms with Gasteiger partial charge in [-0.1, -0.05) is 6.07 Å². The highest BCUT2D eigenvalue weighted by Crippen LogP contribution is 2.25. The van der Waals surface area contributed by atoms with Gasteiger partial charge in [-0.3, -0.25) is 4.79 Å². The van der Waals surface area contributed by atoms with Gasteiger partial charge in [-0.05, 0) is 25.1 Å². The number of carbonyl (C=O) groups is 1. The SMILES string of the molecule is C[C@@H](N)C(=O)NCc1cccnc1Oc1ccc(F)cc1F. The topological polar surface area (TPSA) is 77.2 Å². The third-order valence-electron chi connectivity index (χ3n) is 2.82. The number of aromatic nitrogens is 1. The molecule has 2 rings (SSSR count). The maximum atomic E-state index is 13.6. The van der Waals surface area contributed by atoms with Crippen molar-refractivity contribution in [2.75, 3.05) is 0 Å². The molecule has 3 N–H and O–H groups in total. The standard InChI is InChI=1S/C15H15F2N3O2/c1-9(18)14(21)20-8-10-3-2-6-19-15(10)22-13-5-4-11(16)7-12(13)17/h2-7,9H,8,18H2,1H3,(H,20,21)/t9-/m1/s1. The number of ether oxygens (including phenoxy) is 1. The van der Waals surface area contributed by atoms with Gasteiger partial charge in [0.2, 0.25) is 11.8 Å². The first kappa shape index (κ1) is 15.8. The number of benzene rings is 1. The van der Waals surface area contributed by atoms with Crippen molar-refractivity contribution in [2.24, 2.45) is 5.73 Å². The van der Waals surface area contributed by atoms with Gasteiger partial charge in [0, 0.05) is 24.4 Å². The van der Waals surface area contributed by atoms with Crippen molar-refractivity contribution in [1.29, 1.82) is 0 Å². The highest BCUT2D eigenvalue weighted by molar-refractivity contribution is 5.80. The van der Waals surface area contributed by atoms with Gasteiger partial charge in [-0.25, -0.2) is 13.8 Å². The molecule has 22 heavy (non-hydrogen) atoms. The molecular weight excluding hydrogens is 292 g/mol. The number of pyridine rings is 1. The van der Waals surface area contributed by atoms with E-state index in [4.69, 9.17) is 10.5 Å². The third kappa shape index (κ3) is 3.98. The molecule has 0 saturated heterocycles. The van der Waals surface area contributed by atoms with Crippen molar-refractivity contribution in [3.05, 3.63) is 53.7 Å². The molecule has 1 atom stereocenters. The number of carbonyl (C=O) groups excluding carboxylic acids is 1. The van der Waals surface area contributed by atoms with Crippen molar-refractivity contribution in [3.8, 4) is 11.6 Å². The van der Waals surface area contributed by atoms with Crippen LogP contribution in [0.3, 0.4) is 0 Å². The Morgan fingerprint density at radius 3 is 2.86 bits per heavy atom. The van der Waals surface area contributed by atoms with Crippen LogP contribution in [-0.4, -0.2) is 16.9 Å². The van der Waals surface area contributed by atoms with E-state index in [0.717, 1.165) is 12.1 Å². The quantitative estimate of drug-likeness (QED) is 0.887. The molecule has 5 nitrogen and oxygen atoms in total. The van der Waals surface area contributed by atoms with Crippen LogP contribution in [0.2, 0.25) is 0 Å². The molecule has 1 aromatic carbocycles. The van der Waals surface area contributed by atoms with Gasteiger partial charge in [0.1, 0.15) is 5.82 Å². The average molecular weight is 307 g/mol. The van der Waals surface area contributed by atoms with Gasteiger partial charge in [0.05, 0.1) is 6.04 Å². The van der Waals surface area contributed by atoms with E-state index in [0.29, 0.717) is 5.56 Å². The summed E-state index contributed by atoms with van der Waals surface area (Å²) in [5, 5.41) is 2.61. The zero-order chi connectivity index (χ0) is 16.1. The zero-order valence-electron chi connectivity index (χ0n) is 11.8. The molecule has 1 aromatic heterocycles. The lowest BCUT2D eigenvalue weighted by atomic mass is 10.2. The van der Waals surface area contributed by atoms with Gasteiger partial charge in [-0.2, -0.15) is 0 Å². The summed E-state index contributed by atoms with van der Waals surface area (Å²) in [4.78, 5) is 15.5. The van der Waals surface area contributed by atoms with E-state index < -0.39 is 17.7 Å². The van der Waals surface area contributed by atoms with Gasteiger partial charge in [-0.15, -0.1) is 0 Å². The summed E-state index contributed by atoms with van der Waals surface area (Å²) in [6, 6.07) is 5.65. The molecule has 0 radical (unpaired) electrons. The molecule has 0 bridgehead atoms. The molecule has 0 unspecified atom stereocenters. The first-order valence-corrected chi connectivity index (χ1v) is 6.57. The number of amides is 1. The first-order chi connectivity index (χ1) is 10.5. The van der Waals surface area contributed by atoms with Crippen LogP contribution in [0.15, 0.2) is 36.5 Å². The number of nitrogens with one attached hydrogen (secondary N) is 1. The molecular formula is C15H15F2N3O2. The van der Waals surface area contributed by atoms with Crippen LogP contribution < -0.4 is 15.8 Å². The van der Waals surface area contributed by atoms with E-state index in [1.54, 1.807) is 19.1 Å². The summed E-state index contributed by atoms with van der Waals surface area (Å²) in [7, 11) is 0. The van der Waals surface area contributed by atoms with Gasteiger partial charge in [0.15, 0.2) is 11.6 Å². The van der Waals surface area contributed by atoms with Crippen molar-refractivity contribution >= 4 is 5.91 Å². The molecule has 116 valence electrons. The van der Waals surface area contributed by atoms with Crippen LogP contribution in [0, 0.1) is 11.6 Å². The fourth-order valence-corrected chi connectivity index (χ4v) is 1.66. The van der Waals surface area contributed by atoms with Crippen LogP contribution >= 0.6 is 0 Å². The molecule has 0 saturated carbocycles. The Morgan fingerprint density at radius 1 is 1.41 bits per heavy atom. The summed E-state index contributed by atoms with van der Waals surface area (Å²) >= 11 is 0. The fourth-order valence-electron chi connectivity index (χ4n) is 1.66. The number of hydrogen-bond acceptors (Lipinski definition) is 4. The third-order valence-corrected chi connectivity index (χ3v) is 2.82. The molecule has 7 heteroatoms. The van der Waals surface area contributed by atoms with Crippen LogP contribution in [0.5, 0.6) is 11.6 Å². The number of rotatable bonds is 5. The van der Waals surface area contributed by atoms with E-state index >= 15 is 0 Å². The van der Waals surface area contributed by atoms with Gasteiger partial charge in [0.25, 0.3) is 0 Å². The molecule has 1 heterocycles. The molecule has 0 aliphatic heterocycles. The lowest BCUT2D eigenvalue weighted by Crippen LogP contribution is -2.37. The Kier molecular flexibility index (Phi) is 5.00. The minimum absolute atomic E-state index is 0.123. The number of halogens is 2. The maximum Gasteiger partial charge on any atom is 0.236 e. The van der Waals surface area contributed by atoms with Crippen LogP contribution in [0.25, 0.3) is 0 Å². The molecule has 0 aliphatic rings. The Balaban J connectivity index is 2.16.